The summed E-state index contributed by atoms with van der Waals surface area (Å²) in [5.74, 6) is 0. The number of rotatable bonds is 0. The van der Waals surface area contributed by atoms with Gasteiger partial charge in [0.1, 0.15) is 0 Å². The molecule has 0 fully saturated rings. The van der Waals surface area contributed by atoms with Gasteiger partial charge in [0.15, 0.2) is 0 Å². The third kappa shape index (κ3) is 1.25. The third-order valence-electron chi connectivity index (χ3n) is 3.13. The van der Waals surface area contributed by atoms with Gasteiger partial charge in [-0.05, 0) is 28.7 Å². The Balaban J connectivity index is 2.32. The van der Waals surface area contributed by atoms with Gasteiger partial charge in [0.25, 0.3) is 0 Å². The molecule has 0 unspecified atom stereocenters. The second-order valence-corrected chi connectivity index (χ2v) is 4.04. The Kier molecular flexibility index (Phi) is 2.02. The van der Waals surface area contributed by atoms with E-state index in [-0.39, 0.29) is 0 Å². The second-order valence-electron chi connectivity index (χ2n) is 4.04. The highest BCUT2D eigenvalue weighted by atomic mass is 14.2. The highest BCUT2D eigenvalue weighted by Gasteiger charge is 2.18. The first-order valence-electron chi connectivity index (χ1n) is 5.47. The average Bonchev–Trinajstić information content (AvgIpc) is 2.36. The maximum atomic E-state index is 3.82. The van der Waals surface area contributed by atoms with Crippen molar-refractivity contribution in [3.8, 4) is 0 Å². The van der Waals surface area contributed by atoms with Crippen LogP contribution in [0.3, 0.4) is 0 Å². The van der Waals surface area contributed by atoms with Gasteiger partial charge in [-0.3, -0.25) is 0 Å². The summed E-state index contributed by atoms with van der Waals surface area (Å²) in [6.45, 7) is 3.82. The van der Waals surface area contributed by atoms with Gasteiger partial charge in [-0.1, -0.05) is 55.1 Å². The molecule has 0 atom stereocenters. The Hall–Kier alpha value is -2.04. The molecule has 76 valence electrons. The van der Waals surface area contributed by atoms with E-state index in [2.05, 4.69) is 60.8 Å². The van der Waals surface area contributed by atoms with Gasteiger partial charge in [-0.25, -0.2) is 0 Å². The van der Waals surface area contributed by atoms with Crippen LogP contribution in [0.2, 0.25) is 0 Å². The molecule has 1 aliphatic carbocycles. The van der Waals surface area contributed by atoms with Crippen molar-refractivity contribution in [3.63, 3.8) is 0 Å². The molecule has 3 rings (SSSR count). The van der Waals surface area contributed by atoms with Gasteiger partial charge in [0, 0.05) is 5.57 Å². The molecule has 0 aliphatic heterocycles. The van der Waals surface area contributed by atoms with Crippen LogP contribution in [-0.2, 0) is 6.42 Å². The van der Waals surface area contributed by atoms with Crippen molar-refractivity contribution in [2.75, 3.05) is 0 Å². The van der Waals surface area contributed by atoms with Gasteiger partial charge in [-0.15, -0.1) is 5.73 Å². The zero-order valence-electron chi connectivity index (χ0n) is 9.03. The zero-order chi connectivity index (χ0) is 11.0. The molecule has 2 aromatic rings. The normalized spacial score (nSPS) is 12.6. The van der Waals surface area contributed by atoms with Gasteiger partial charge in [0.2, 0.25) is 0 Å². The van der Waals surface area contributed by atoms with Gasteiger partial charge >= 0.3 is 0 Å². The van der Waals surface area contributed by atoms with Crippen LogP contribution < -0.4 is 0 Å². The van der Waals surface area contributed by atoms with Crippen LogP contribution in [0.5, 0.6) is 0 Å². The summed E-state index contributed by atoms with van der Waals surface area (Å²) in [6.07, 6.45) is 1.01. The van der Waals surface area contributed by atoms with Gasteiger partial charge < -0.3 is 0 Å². The van der Waals surface area contributed by atoms with Crippen molar-refractivity contribution in [2.45, 2.75) is 6.42 Å². The molecule has 0 saturated carbocycles. The molecule has 0 nitrogen and oxygen atoms in total. The second kappa shape index (κ2) is 3.52. The Morgan fingerprint density at radius 2 is 1.31 bits per heavy atom. The Morgan fingerprint density at radius 1 is 0.812 bits per heavy atom. The van der Waals surface area contributed by atoms with Crippen LogP contribution >= 0.6 is 0 Å². The number of fused-ring (bicyclic) bond motifs is 2. The molecule has 0 heteroatoms. The summed E-state index contributed by atoms with van der Waals surface area (Å²) in [7, 11) is 0. The predicted octanol–water partition coefficient (Wildman–Crippen LogP) is 3.81. The highest BCUT2D eigenvalue weighted by Crippen LogP contribution is 2.34. The highest BCUT2D eigenvalue weighted by molar-refractivity contribution is 5.85. The van der Waals surface area contributed by atoms with E-state index in [1.807, 2.05) is 0 Å². The lowest BCUT2D eigenvalue weighted by Crippen LogP contribution is -2.05. The van der Waals surface area contributed by atoms with Crippen LogP contribution in [0.1, 0.15) is 22.3 Å². The molecule has 0 spiro atoms. The van der Waals surface area contributed by atoms with Crippen LogP contribution in [0, 0.1) is 0 Å². The largest absolute Gasteiger partial charge is 0.119 e. The summed E-state index contributed by atoms with van der Waals surface area (Å²) in [4.78, 5) is 0. The van der Waals surface area contributed by atoms with Crippen LogP contribution in [0.25, 0.3) is 5.57 Å². The summed E-state index contributed by atoms with van der Waals surface area (Å²) in [5.41, 5.74) is 9.50. The zero-order valence-corrected chi connectivity index (χ0v) is 9.03. The molecule has 0 saturated heterocycles. The quantitative estimate of drug-likeness (QED) is 0.488. The van der Waals surface area contributed by atoms with Crippen molar-refractivity contribution >= 4 is 5.57 Å². The number of benzene rings is 2. The third-order valence-corrected chi connectivity index (χ3v) is 3.13. The van der Waals surface area contributed by atoms with E-state index in [4.69, 9.17) is 0 Å². The van der Waals surface area contributed by atoms with E-state index in [9.17, 15) is 0 Å². The molecule has 0 bridgehead atoms. The Labute approximate surface area is 95.6 Å². The van der Waals surface area contributed by atoms with Crippen molar-refractivity contribution < 1.29 is 0 Å². The minimum Gasteiger partial charge on any atom is -0.119 e. The molecule has 0 heterocycles. The maximum Gasteiger partial charge on any atom is 0.0309 e. The Morgan fingerprint density at radius 3 is 1.81 bits per heavy atom. The van der Waals surface area contributed by atoms with E-state index in [0.29, 0.717) is 0 Å². The lowest BCUT2D eigenvalue weighted by atomic mass is 9.83. The standard InChI is InChI=1S/C16H12/c1-2-14-15-9-5-3-7-12(15)11-13-8-4-6-10-16(13)14/h3-10H,1,11H2. The van der Waals surface area contributed by atoms with Crippen molar-refractivity contribution in [1.82, 2.24) is 0 Å². The fraction of sp³-hybridized carbons (Fsp3) is 0.0625. The lowest BCUT2D eigenvalue weighted by molar-refractivity contribution is 1.14. The minimum absolute atomic E-state index is 1.01. The lowest BCUT2D eigenvalue weighted by Gasteiger charge is -2.20. The molecular weight excluding hydrogens is 192 g/mol. The first kappa shape index (κ1) is 9.21. The fourth-order valence-electron chi connectivity index (χ4n) is 2.38. The van der Waals surface area contributed by atoms with Crippen LogP contribution in [0.4, 0.5) is 0 Å². The monoisotopic (exact) mass is 204 g/mol. The molecule has 0 N–H and O–H groups in total. The number of hydrogen-bond donors (Lipinski definition) is 0. The van der Waals surface area contributed by atoms with E-state index in [1.54, 1.807) is 0 Å². The van der Waals surface area contributed by atoms with E-state index < -0.39 is 0 Å². The van der Waals surface area contributed by atoms with Crippen molar-refractivity contribution in [2.24, 2.45) is 0 Å². The topological polar surface area (TPSA) is 0 Å². The van der Waals surface area contributed by atoms with Crippen LogP contribution in [-0.4, -0.2) is 0 Å². The average molecular weight is 204 g/mol. The Bertz CT molecular complexity index is 551. The number of hydrogen-bond acceptors (Lipinski definition) is 0. The predicted molar refractivity (Wildman–Crippen MR) is 67.3 cm³/mol. The maximum absolute atomic E-state index is 3.82. The molecule has 16 heavy (non-hydrogen) atoms. The van der Waals surface area contributed by atoms with Crippen LogP contribution in [0.15, 0.2) is 60.8 Å². The molecule has 0 aromatic heterocycles. The first-order chi connectivity index (χ1) is 7.90. The summed E-state index contributed by atoms with van der Waals surface area (Å²) in [6, 6.07) is 17.0. The van der Waals surface area contributed by atoms with Crippen molar-refractivity contribution in [3.05, 3.63) is 83.1 Å². The summed E-state index contributed by atoms with van der Waals surface area (Å²) < 4.78 is 0. The SMILES string of the molecule is C=C=C1c2ccccc2Cc2ccccc21. The molecule has 2 aromatic carbocycles. The van der Waals surface area contributed by atoms with E-state index >= 15 is 0 Å². The summed E-state index contributed by atoms with van der Waals surface area (Å²) in [5, 5.41) is 0. The first-order valence-corrected chi connectivity index (χ1v) is 5.47. The summed E-state index contributed by atoms with van der Waals surface area (Å²) >= 11 is 0. The smallest absolute Gasteiger partial charge is 0.0309 e. The molecule has 1 aliphatic rings. The molecular formula is C16H12. The van der Waals surface area contributed by atoms with Crippen molar-refractivity contribution in [1.29, 1.82) is 0 Å². The minimum atomic E-state index is 1.01. The molecule has 0 radical (unpaired) electrons. The van der Waals surface area contributed by atoms with Gasteiger partial charge in [-0.2, -0.15) is 0 Å². The van der Waals surface area contributed by atoms with E-state index in [0.717, 1.165) is 12.0 Å². The van der Waals surface area contributed by atoms with E-state index in [1.165, 1.54) is 22.3 Å². The fourth-order valence-corrected chi connectivity index (χ4v) is 2.38. The molecule has 0 amide bonds. The van der Waals surface area contributed by atoms with Gasteiger partial charge in [0.05, 0.1) is 0 Å².